The van der Waals surface area contributed by atoms with Crippen LogP contribution >= 0.6 is 0 Å². The van der Waals surface area contributed by atoms with Gasteiger partial charge in [-0.05, 0) is 51.0 Å². The Morgan fingerprint density at radius 1 is 1.00 bits per heavy atom. The van der Waals surface area contributed by atoms with Crippen molar-refractivity contribution < 1.29 is 4.79 Å². The molecule has 2 bridgehead atoms. The van der Waals surface area contributed by atoms with Gasteiger partial charge in [-0.3, -0.25) is 19.9 Å². The van der Waals surface area contributed by atoms with Crippen LogP contribution in [0, 0.1) is 13.8 Å². The van der Waals surface area contributed by atoms with E-state index in [0.29, 0.717) is 30.4 Å². The maximum absolute atomic E-state index is 13.5. The summed E-state index contributed by atoms with van der Waals surface area (Å²) in [6.45, 7) is 5.32. The van der Waals surface area contributed by atoms with Gasteiger partial charge in [0.2, 0.25) is 5.95 Å². The van der Waals surface area contributed by atoms with Crippen LogP contribution in [-0.2, 0) is 0 Å². The van der Waals surface area contributed by atoms with Gasteiger partial charge in [0.15, 0.2) is 5.82 Å². The van der Waals surface area contributed by atoms with Crippen molar-refractivity contribution in [1.82, 2.24) is 35.0 Å². The fraction of sp³-hybridized carbons (Fsp3) is 0.308. The van der Waals surface area contributed by atoms with Crippen LogP contribution in [0.5, 0.6) is 0 Å². The second-order valence-corrected chi connectivity index (χ2v) is 9.43. The predicted molar refractivity (Wildman–Crippen MR) is 136 cm³/mol. The molecule has 4 aromatic heterocycles. The van der Waals surface area contributed by atoms with E-state index >= 15 is 0 Å². The van der Waals surface area contributed by atoms with E-state index in [4.69, 9.17) is 9.97 Å². The molecular weight excluding hydrogens is 454 g/mol. The van der Waals surface area contributed by atoms with Crippen LogP contribution in [0.1, 0.15) is 34.6 Å². The summed E-state index contributed by atoms with van der Waals surface area (Å²) in [6, 6.07) is 11.7. The minimum Gasteiger partial charge on any atom is -0.337 e. The molecule has 6 heterocycles. The van der Waals surface area contributed by atoms with E-state index in [1.165, 1.54) is 0 Å². The molecule has 2 atom stereocenters. The number of H-pyrrole nitrogens is 1. The Balaban J connectivity index is 1.18. The summed E-state index contributed by atoms with van der Waals surface area (Å²) < 4.78 is 0. The second kappa shape index (κ2) is 9.03. The first-order valence-corrected chi connectivity index (χ1v) is 12.1. The standard InChI is InChI=1S/C26H27N9O/c1-16-11-23(30-24-12-17(2)32-33-24)31-26(29-16)34-14-20-4-5-21(15-34)35(20)25(36)19-3-6-22(28-13-19)18-7-9-27-10-8-18/h3,6-13,20-21H,4-5,14-15H2,1-2H3,(H2,29,30,31,32,33). The number of nitrogens with one attached hydrogen (secondary N) is 2. The van der Waals surface area contributed by atoms with E-state index < -0.39 is 0 Å². The minimum absolute atomic E-state index is 0.0392. The number of aromatic nitrogens is 6. The molecule has 1 amide bonds. The Labute approximate surface area is 208 Å². The first kappa shape index (κ1) is 22.1. The van der Waals surface area contributed by atoms with E-state index in [9.17, 15) is 4.79 Å². The largest absolute Gasteiger partial charge is 0.337 e. The number of aromatic amines is 1. The number of amides is 1. The lowest BCUT2D eigenvalue weighted by atomic mass is 10.1. The molecule has 0 spiro atoms. The maximum atomic E-state index is 13.5. The molecule has 2 aliphatic heterocycles. The lowest BCUT2D eigenvalue weighted by Crippen LogP contribution is -2.56. The first-order valence-electron chi connectivity index (χ1n) is 12.1. The van der Waals surface area contributed by atoms with E-state index in [1.807, 2.05) is 55.1 Å². The van der Waals surface area contributed by atoms with Crippen molar-refractivity contribution in [2.24, 2.45) is 0 Å². The van der Waals surface area contributed by atoms with Crippen LogP contribution in [-0.4, -0.2) is 66.1 Å². The number of piperazine rings is 1. The lowest BCUT2D eigenvalue weighted by Gasteiger charge is -2.41. The molecule has 2 N–H and O–H groups in total. The third-order valence-corrected chi connectivity index (χ3v) is 6.79. The van der Waals surface area contributed by atoms with Crippen LogP contribution in [0.4, 0.5) is 17.6 Å². The molecule has 0 aliphatic carbocycles. The topological polar surface area (TPSA) is 116 Å². The van der Waals surface area contributed by atoms with Gasteiger partial charge in [-0.1, -0.05) is 0 Å². The fourth-order valence-corrected chi connectivity index (χ4v) is 5.13. The summed E-state index contributed by atoms with van der Waals surface area (Å²) in [6.07, 6.45) is 7.10. The summed E-state index contributed by atoms with van der Waals surface area (Å²) in [5.41, 5.74) is 4.27. The molecule has 2 fully saturated rings. The first-order chi connectivity index (χ1) is 17.5. The Morgan fingerprint density at radius 2 is 1.78 bits per heavy atom. The van der Waals surface area contributed by atoms with Gasteiger partial charge < -0.3 is 15.1 Å². The molecular formula is C26H27N9O. The highest BCUT2D eigenvalue weighted by Crippen LogP contribution is 2.33. The van der Waals surface area contributed by atoms with Gasteiger partial charge in [0.1, 0.15) is 5.82 Å². The summed E-state index contributed by atoms with van der Waals surface area (Å²) in [5.74, 6) is 2.14. The van der Waals surface area contributed by atoms with Crippen LogP contribution in [0.25, 0.3) is 11.3 Å². The number of fused-ring (bicyclic) bond motifs is 2. The van der Waals surface area contributed by atoms with Crippen molar-refractivity contribution in [3.05, 3.63) is 71.9 Å². The molecule has 6 rings (SSSR count). The summed E-state index contributed by atoms with van der Waals surface area (Å²) in [4.78, 5) is 35.7. The zero-order valence-corrected chi connectivity index (χ0v) is 20.2. The van der Waals surface area contributed by atoms with Crippen LogP contribution in [0.15, 0.2) is 55.0 Å². The van der Waals surface area contributed by atoms with Crippen molar-refractivity contribution in [2.75, 3.05) is 23.3 Å². The zero-order chi connectivity index (χ0) is 24.6. The zero-order valence-electron chi connectivity index (χ0n) is 20.2. The van der Waals surface area contributed by atoms with Gasteiger partial charge in [-0.25, -0.2) is 4.98 Å². The highest BCUT2D eigenvalue weighted by atomic mass is 16.2. The fourth-order valence-electron chi connectivity index (χ4n) is 5.13. The van der Waals surface area contributed by atoms with Crippen molar-refractivity contribution in [2.45, 2.75) is 38.8 Å². The maximum Gasteiger partial charge on any atom is 0.256 e. The number of hydrogen-bond acceptors (Lipinski definition) is 8. The average Bonchev–Trinajstić information content (AvgIpc) is 3.42. The number of hydrogen-bond donors (Lipinski definition) is 2. The third-order valence-electron chi connectivity index (χ3n) is 6.79. The molecule has 2 aliphatic rings. The quantitative estimate of drug-likeness (QED) is 0.445. The molecule has 182 valence electrons. The second-order valence-electron chi connectivity index (χ2n) is 9.43. The molecule has 10 nitrogen and oxygen atoms in total. The number of nitrogens with zero attached hydrogens (tertiary/aromatic N) is 7. The summed E-state index contributed by atoms with van der Waals surface area (Å²) in [7, 11) is 0. The Kier molecular flexibility index (Phi) is 5.55. The Morgan fingerprint density at radius 3 is 2.44 bits per heavy atom. The van der Waals surface area contributed by atoms with E-state index in [1.54, 1.807) is 18.6 Å². The smallest absolute Gasteiger partial charge is 0.256 e. The molecule has 0 aromatic carbocycles. The molecule has 0 radical (unpaired) electrons. The highest BCUT2D eigenvalue weighted by molar-refractivity contribution is 5.95. The molecule has 2 saturated heterocycles. The minimum atomic E-state index is 0.0392. The number of carbonyl (C=O) groups excluding carboxylic acids is 1. The van der Waals surface area contributed by atoms with Crippen molar-refractivity contribution in [3.8, 4) is 11.3 Å². The van der Waals surface area contributed by atoms with Gasteiger partial charge in [0.05, 0.1) is 23.3 Å². The van der Waals surface area contributed by atoms with E-state index in [2.05, 4.69) is 30.4 Å². The summed E-state index contributed by atoms with van der Waals surface area (Å²) >= 11 is 0. The number of rotatable bonds is 5. The molecule has 0 saturated carbocycles. The predicted octanol–water partition coefficient (Wildman–Crippen LogP) is 3.51. The Hall–Kier alpha value is -4.34. The number of pyridine rings is 2. The lowest BCUT2D eigenvalue weighted by molar-refractivity contribution is 0.0640. The van der Waals surface area contributed by atoms with Gasteiger partial charge in [0, 0.05) is 60.8 Å². The van der Waals surface area contributed by atoms with Crippen molar-refractivity contribution in [1.29, 1.82) is 0 Å². The van der Waals surface area contributed by atoms with Crippen LogP contribution in [0.2, 0.25) is 0 Å². The number of anilines is 3. The van der Waals surface area contributed by atoms with Crippen molar-refractivity contribution in [3.63, 3.8) is 0 Å². The normalized spacial score (nSPS) is 18.9. The average molecular weight is 482 g/mol. The monoisotopic (exact) mass is 481 g/mol. The third kappa shape index (κ3) is 4.26. The van der Waals surface area contributed by atoms with Gasteiger partial charge in [-0.15, -0.1) is 0 Å². The van der Waals surface area contributed by atoms with Gasteiger partial charge in [-0.2, -0.15) is 10.1 Å². The molecule has 10 heteroatoms. The highest BCUT2D eigenvalue weighted by Gasteiger charge is 2.43. The van der Waals surface area contributed by atoms with Gasteiger partial charge in [0.25, 0.3) is 5.91 Å². The number of carbonyl (C=O) groups is 1. The molecule has 4 aromatic rings. The van der Waals surface area contributed by atoms with Crippen LogP contribution in [0.3, 0.4) is 0 Å². The molecule has 36 heavy (non-hydrogen) atoms. The van der Waals surface area contributed by atoms with Crippen LogP contribution < -0.4 is 10.2 Å². The van der Waals surface area contributed by atoms with Gasteiger partial charge >= 0.3 is 0 Å². The molecule has 2 unspecified atom stereocenters. The van der Waals surface area contributed by atoms with E-state index in [0.717, 1.165) is 41.3 Å². The number of aryl methyl sites for hydroxylation is 2. The SMILES string of the molecule is Cc1cc(Nc2cc(C)[nH]n2)nc(N2CC3CCC(C2)N3C(=O)c2ccc(-c3ccncc3)nc2)n1. The Bertz CT molecular complexity index is 1370. The summed E-state index contributed by atoms with van der Waals surface area (Å²) in [5, 5.41) is 10.4. The van der Waals surface area contributed by atoms with E-state index in [-0.39, 0.29) is 18.0 Å². The van der Waals surface area contributed by atoms with Crippen molar-refractivity contribution >= 4 is 23.5 Å².